The third kappa shape index (κ3) is 6.36. The van der Waals surface area contributed by atoms with Gasteiger partial charge in [0.1, 0.15) is 11.5 Å². The van der Waals surface area contributed by atoms with Crippen molar-refractivity contribution in [1.82, 2.24) is 20.5 Å². The molecule has 37 heavy (non-hydrogen) atoms. The lowest BCUT2D eigenvalue weighted by atomic mass is 10.1. The Hall–Kier alpha value is -4.12. The predicted molar refractivity (Wildman–Crippen MR) is 138 cm³/mol. The number of amides is 1. The summed E-state index contributed by atoms with van der Waals surface area (Å²) in [7, 11) is 6.26. The van der Waals surface area contributed by atoms with E-state index in [9.17, 15) is 4.79 Å². The molecule has 1 amide bonds. The molecule has 2 heterocycles. The molecule has 10 nitrogen and oxygen atoms in total. The first kappa shape index (κ1) is 26.0. The number of methoxy groups -OCH3 is 4. The van der Waals surface area contributed by atoms with Gasteiger partial charge in [0.2, 0.25) is 16.8 Å². The minimum atomic E-state index is -0.357. The second-order valence-electron chi connectivity index (χ2n) is 7.82. The largest absolute Gasteiger partial charge is 0.497 e. The molecular formula is C26H28N4O6S. The van der Waals surface area contributed by atoms with Gasteiger partial charge in [-0.3, -0.25) is 9.89 Å². The second kappa shape index (κ2) is 12.2. The van der Waals surface area contributed by atoms with Gasteiger partial charge in [-0.2, -0.15) is 0 Å². The first-order valence-corrected chi connectivity index (χ1v) is 12.2. The molecule has 0 radical (unpaired) electrons. The number of carbonyl (C=O) groups excluding carboxylic acids is 1. The summed E-state index contributed by atoms with van der Waals surface area (Å²) in [5.41, 5.74) is 1.66. The Labute approximate surface area is 218 Å². The van der Waals surface area contributed by atoms with E-state index in [1.165, 1.54) is 11.8 Å². The summed E-state index contributed by atoms with van der Waals surface area (Å²) < 4.78 is 27.0. The molecular weight excluding hydrogens is 496 g/mol. The number of carbonyl (C=O) groups is 1. The highest BCUT2D eigenvalue weighted by Crippen LogP contribution is 2.44. The molecule has 2 N–H and O–H groups in total. The number of furan rings is 1. The van der Waals surface area contributed by atoms with E-state index in [2.05, 4.69) is 20.5 Å². The average Bonchev–Trinajstić information content (AvgIpc) is 3.63. The maximum Gasteiger partial charge on any atom is 0.221 e. The minimum Gasteiger partial charge on any atom is -0.497 e. The third-order valence-corrected chi connectivity index (χ3v) is 6.66. The van der Waals surface area contributed by atoms with Gasteiger partial charge in [0.15, 0.2) is 17.3 Å². The van der Waals surface area contributed by atoms with Crippen molar-refractivity contribution < 1.29 is 28.2 Å². The summed E-state index contributed by atoms with van der Waals surface area (Å²) in [6.07, 6.45) is 1.72. The van der Waals surface area contributed by atoms with Gasteiger partial charge >= 0.3 is 0 Å². The minimum absolute atomic E-state index is 0.149. The van der Waals surface area contributed by atoms with Crippen LogP contribution in [0, 0.1) is 0 Å². The number of thioether (sulfide) groups is 1. The standard InChI is InChI=1S/C26H28N4O6S/c1-32-18-9-7-16(8-10-18)25-28-26(30-29-25)37-22(14-23(31)27-15-19-6-5-11-36-19)17-12-20(33-2)24(35-4)21(13-17)34-3/h5-13,22H,14-15H2,1-4H3,(H,27,31)(H,28,29,30). The number of nitrogens with zero attached hydrogens (tertiary/aromatic N) is 2. The fraction of sp³-hybridized carbons (Fsp3) is 0.269. The molecule has 0 aliphatic heterocycles. The lowest BCUT2D eigenvalue weighted by Gasteiger charge is -2.19. The molecule has 0 saturated carbocycles. The average molecular weight is 525 g/mol. The van der Waals surface area contributed by atoms with Gasteiger partial charge in [-0.1, -0.05) is 11.8 Å². The molecule has 11 heteroatoms. The summed E-state index contributed by atoms with van der Waals surface area (Å²) in [6.45, 7) is 0.292. The highest BCUT2D eigenvalue weighted by molar-refractivity contribution is 7.99. The van der Waals surface area contributed by atoms with Crippen molar-refractivity contribution in [3.8, 4) is 34.4 Å². The van der Waals surface area contributed by atoms with Crippen LogP contribution in [0.2, 0.25) is 0 Å². The normalized spacial score (nSPS) is 11.6. The van der Waals surface area contributed by atoms with Crippen molar-refractivity contribution >= 4 is 17.7 Å². The highest BCUT2D eigenvalue weighted by Gasteiger charge is 2.24. The van der Waals surface area contributed by atoms with Crippen molar-refractivity contribution in [3.05, 3.63) is 66.1 Å². The van der Waals surface area contributed by atoms with E-state index in [-0.39, 0.29) is 17.6 Å². The van der Waals surface area contributed by atoms with Gasteiger partial charge in [0.25, 0.3) is 0 Å². The lowest BCUT2D eigenvalue weighted by molar-refractivity contribution is -0.121. The molecule has 0 aliphatic carbocycles. The van der Waals surface area contributed by atoms with Crippen LogP contribution in [0.3, 0.4) is 0 Å². The zero-order valence-corrected chi connectivity index (χ0v) is 21.8. The van der Waals surface area contributed by atoms with Crippen LogP contribution >= 0.6 is 11.8 Å². The second-order valence-corrected chi connectivity index (χ2v) is 8.99. The van der Waals surface area contributed by atoms with Crippen molar-refractivity contribution in [2.45, 2.75) is 23.4 Å². The Morgan fingerprint density at radius 1 is 1.03 bits per heavy atom. The van der Waals surface area contributed by atoms with E-state index in [0.29, 0.717) is 40.5 Å². The van der Waals surface area contributed by atoms with Crippen molar-refractivity contribution in [2.24, 2.45) is 0 Å². The molecule has 0 spiro atoms. The fourth-order valence-electron chi connectivity index (χ4n) is 3.66. The number of nitrogens with one attached hydrogen (secondary N) is 2. The van der Waals surface area contributed by atoms with Crippen molar-refractivity contribution in [2.75, 3.05) is 28.4 Å². The molecule has 2 aromatic carbocycles. The SMILES string of the molecule is COc1ccc(-c2nc(SC(CC(=O)NCc3ccco3)c3cc(OC)c(OC)c(OC)c3)n[nH]2)cc1. The zero-order chi connectivity index (χ0) is 26.2. The number of aromatic amines is 1. The van der Waals surface area contributed by atoms with Crippen molar-refractivity contribution in [3.63, 3.8) is 0 Å². The van der Waals surface area contributed by atoms with Crippen LogP contribution in [0.1, 0.15) is 23.0 Å². The van der Waals surface area contributed by atoms with E-state index < -0.39 is 0 Å². The summed E-state index contributed by atoms with van der Waals surface area (Å²) >= 11 is 1.35. The summed E-state index contributed by atoms with van der Waals surface area (Å²) in [5, 5.41) is 10.4. The number of H-pyrrole nitrogens is 1. The maximum atomic E-state index is 12.9. The van der Waals surface area contributed by atoms with Gasteiger partial charge in [0.05, 0.1) is 41.2 Å². The van der Waals surface area contributed by atoms with Crippen LogP contribution in [0.25, 0.3) is 11.4 Å². The van der Waals surface area contributed by atoms with E-state index in [1.54, 1.807) is 46.8 Å². The maximum absolute atomic E-state index is 12.9. The van der Waals surface area contributed by atoms with Crippen LogP contribution in [0.15, 0.2) is 64.4 Å². The van der Waals surface area contributed by atoms with Gasteiger partial charge in [0, 0.05) is 17.2 Å². The first-order chi connectivity index (χ1) is 18.0. The Morgan fingerprint density at radius 2 is 1.76 bits per heavy atom. The van der Waals surface area contributed by atoms with Crippen LogP contribution in [0.5, 0.6) is 23.0 Å². The number of rotatable bonds is 12. The van der Waals surface area contributed by atoms with Crippen LogP contribution in [0.4, 0.5) is 0 Å². The topological polar surface area (TPSA) is 121 Å². The van der Waals surface area contributed by atoms with Gasteiger partial charge < -0.3 is 28.7 Å². The number of aromatic nitrogens is 3. The van der Waals surface area contributed by atoms with Crippen LogP contribution < -0.4 is 24.3 Å². The quantitative estimate of drug-likeness (QED) is 0.255. The van der Waals surface area contributed by atoms with Gasteiger partial charge in [-0.25, -0.2) is 4.98 Å². The Kier molecular flexibility index (Phi) is 8.57. The highest BCUT2D eigenvalue weighted by atomic mass is 32.2. The smallest absolute Gasteiger partial charge is 0.221 e. The molecule has 0 saturated heterocycles. The van der Waals surface area contributed by atoms with Crippen LogP contribution in [-0.4, -0.2) is 49.5 Å². The first-order valence-electron chi connectivity index (χ1n) is 11.4. The van der Waals surface area contributed by atoms with Crippen molar-refractivity contribution in [1.29, 1.82) is 0 Å². The number of hydrogen-bond donors (Lipinski definition) is 2. The van der Waals surface area contributed by atoms with Gasteiger partial charge in [-0.15, -0.1) is 5.10 Å². The molecule has 1 unspecified atom stereocenters. The molecule has 194 valence electrons. The number of hydrogen-bond acceptors (Lipinski definition) is 9. The van der Waals surface area contributed by atoms with Gasteiger partial charge in [-0.05, 0) is 54.1 Å². The monoisotopic (exact) mass is 524 g/mol. The van der Waals surface area contributed by atoms with E-state index >= 15 is 0 Å². The van der Waals surface area contributed by atoms with Crippen LogP contribution in [-0.2, 0) is 11.3 Å². The molecule has 4 rings (SSSR count). The Bertz CT molecular complexity index is 1280. The molecule has 0 fully saturated rings. The molecule has 1 atom stereocenters. The predicted octanol–water partition coefficient (Wildman–Crippen LogP) is 4.64. The number of ether oxygens (including phenoxy) is 4. The van der Waals surface area contributed by atoms with E-state index in [0.717, 1.165) is 16.9 Å². The Morgan fingerprint density at radius 3 is 2.35 bits per heavy atom. The zero-order valence-electron chi connectivity index (χ0n) is 20.9. The summed E-state index contributed by atoms with van der Waals surface area (Å²) in [4.78, 5) is 17.6. The Balaban J connectivity index is 1.60. The molecule has 0 bridgehead atoms. The fourth-order valence-corrected chi connectivity index (χ4v) is 4.66. The van der Waals surface area contributed by atoms with E-state index in [1.807, 2.05) is 36.4 Å². The molecule has 4 aromatic rings. The summed E-state index contributed by atoms with van der Waals surface area (Å²) in [6, 6.07) is 14.7. The molecule has 2 aromatic heterocycles. The lowest BCUT2D eigenvalue weighted by Crippen LogP contribution is -2.24. The number of benzene rings is 2. The summed E-state index contributed by atoms with van der Waals surface area (Å²) in [5.74, 6) is 3.33. The third-order valence-electron chi connectivity index (χ3n) is 5.55. The molecule has 0 aliphatic rings. The van der Waals surface area contributed by atoms with E-state index in [4.69, 9.17) is 23.4 Å².